The van der Waals surface area contributed by atoms with Crippen molar-refractivity contribution in [3.8, 4) is 0 Å². The molecule has 0 bridgehead atoms. The minimum atomic E-state index is -0.579. The molecule has 0 saturated carbocycles. The van der Waals surface area contributed by atoms with Crippen LogP contribution in [0.15, 0.2) is 12.7 Å². The molecule has 12 heavy (non-hydrogen) atoms. The van der Waals surface area contributed by atoms with Crippen molar-refractivity contribution in [3.63, 3.8) is 0 Å². The highest BCUT2D eigenvalue weighted by molar-refractivity contribution is 7.85. The fraction of sp³-hybridized carbons (Fsp3) is 0.778. The molecule has 0 aliphatic carbocycles. The van der Waals surface area contributed by atoms with Crippen LogP contribution in [-0.2, 0) is 10.8 Å². The first kappa shape index (κ1) is 9.93. The van der Waals surface area contributed by atoms with Gasteiger partial charge in [-0.1, -0.05) is 6.08 Å². The lowest BCUT2D eigenvalue weighted by atomic mass is 10.2. The third-order valence-corrected chi connectivity index (χ3v) is 3.69. The molecule has 1 fully saturated rings. The molecular formula is C9H17NOS. The average Bonchev–Trinajstić information content (AvgIpc) is 2.20. The molecule has 2 atom stereocenters. The second-order valence-electron chi connectivity index (χ2n) is 3.27. The zero-order valence-corrected chi connectivity index (χ0v) is 8.48. The van der Waals surface area contributed by atoms with E-state index in [1.165, 1.54) is 0 Å². The normalized spacial score (nSPS) is 32.8. The van der Waals surface area contributed by atoms with E-state index in [0.29, 0.717) is 6.04 Å². The summed E-state index contributed by atoms with van der Waals surface area (Å²) in [5.41, 5.74) is 0. The van der Waals surface area contributed by atoms with E-state index >= 15 is 0 Å². The number of nitrogens with zero attached hydrogens (tertiary/aromatic N) is 1. The Labute approximate surface area is 77.1 Å². The van der Waals surface area contributed by atoms with Crippen molar-refractivity contribution in [1.82, 2.24) is 4.90 Å². The average molecular weight is 187 g/mol. The lowest BCUT2D eigenvalue weighted by Crippen LogP contribution is -2.33. The van der Waals surface area contributed by atoms with Gasteiger partial charge in [0.2, 0.25) is 0 Å². The molecule has 0 radical (unpaired) electrons. The van der Waals surface area contributed by atoms with Crippen LogP contribution in [0.5, 0.6) is 0 Å². The lowest BCUT2D eigenvalue weighted by molar-refractivity contribution is 0.245. The fourth-order valence-corrected chi connectivity index (χ4v) is 2.71. The topological polar surface area (TPSA) is 20.3 Å². The Morgan fingerprint density at radius 3 is 3.08 bits per heavy atom. The van der Waals surface area contributed by atoms with Crippen molar-refractivity contribution in [2.75, 3.05) is 24.6 Å². The quantitative estimate of drug-likeness (QED) is 0.601. The van der Waals surface area contributed by atoms with Crippen molar-refractivity contribution in [1.29, 1.82) is 0 Å². The Hall–Kier alpha value is -0.150. The van der Waals surface area contributed by atoms with Crippen molar-refractivity contribution in [2.45, 2.75) is 19.4 Å². The number of hydrogen-bond acceptors (Lipinski definition) is 2. The van der Waals surface area contributed by atoms with Gasteiger partial charge in [0.05, 0.1) is 0 Å². The molecule has 70 valence electrons. The maximum atomic E-state index is 11.2. The highest BCUT2D eigenvalue weighted by atomic mass is 32.2. The molecule has 2 unspecified atom stereocenters. The highest BCUT2D eigenvalue weighted by Crippen LogP contribution is 2.09. The molecule has 0 aromatic rings. The van der Waals surface area contributed by atoms with E-state index in [2.05, 4.69) is 18.4 Å². The highest BCUT2D eigenvalue weighted by Gasteiger charge is 2.18. The standard InChI is InChI=1S/C9H17NOS/c1-3-5-10-6-8-12(11)7-4-9(10)2/h3,9H,1,4-8H2,2H3. The molecule has 1 aliphatic rings. The maximum Gasteiger partial charge on any atom is 0.0362 e. The summed E-state index contributed by atoms with van der Waals surface area (Å²) < 4.78 is 11.2. The van der Waals surface area contributed by atoms with Gasteiger partial charge in [-0.05, 0) is 13.3 Å². The third-order valence-electron chi connectivity index (χ3n) is 2.36. The van der Waals surface area contributed by atoms with Gasteiger partial charge in [-0.15, -0.1) is 6.58 Å². The molecule has 3 heteroatoms. The summed E-state index contributed by atoms with van der Waals surface area (Å²) in [5.74, 6) is 1.70. The number of hydrogen-bond donors (Lipinski definition) is 0. The lowest BCUT2D eigenvalue weighted by Gasteiger charge is -2.24. The van der Waals surface area contributed by atoms with Gasteiger partial charge >= 0.3 is 0 Å². The summed E-state index contributed by atoms with van der Waals surface area (Å²) >= 11 is 0. The molecule has 2 nitrogen and oxygen atoms in total. The molecule has 0 aromatic carbocycles. The summed E-state index contributed by atoms with van der Waals surface area (Å²) in [7, 11) is -0.579. The molecule has 0 N–H and O–H groups in total. The van der Waals surface area contributed by atoms with Crippen LogP contribution in [0.4, 0.5) is 0 Å². The van der Waals surface area contributed by atoms with E-state index in [-0.39, 0.29) is 0 Å². The van der Waals surface area contributed by atoms with E-state index in [1.807, 2.05) is 6.08 Å². The largest absolute Gasteiger partial charge is 0.296 e. The van der Waals surface area contributed by atoms with E-state index in [1.54, 1.807) is 0 Å². The van der Waals surface area contributed by atoms with Crippen LogP contribution in [-0.4, -0.2) is 39.7 Å². The van der Waals surface area contributed by atoms with Gasteiger partial charge < -0.3 is 0 Å². The van der Waals surface area contributed by atoms with E-state index in [9.17, 15) is 4.21 Å². The Morgan fingerprint density at radius 2 is 2.42 bits per heavy atom. The first-order chi connectivity index (χ1) is 5.74. The second kappa shape index (κ2) is 4.77. The predicted octanol–water partition coefficient (Wildman–Crippen LogP) is 1.02. The van der Waals surface area contributed by atoms with Gasteiger partial charge in [-0.25, -0.2) is 0 Å². The molecule has 0 amide bonds. The Morgan fingerprint density at radius 1 is 1.67 bits per heavy atom. The third kappa shape index (κ3) is 2.72. The van der Waals surface area contributed by atoms with E-state index in [4.69, 9.17) is 0 Å². The Bertz CT molecular complexity index is 181. The van der Waals surface area contributed by atoms with Crippen molar-refractivity contribution in [2.24, 2.45) is 0 Å². The van der Waals surface area contributed by atoms with E-state index in [0.717, 1.165) is 31.0 Å². The van der Waals surface area contributed by atoms with Crippen LogP contribution in [0, 0.1) is 0 Å². The zero-order chi connectivity index (χ0) is 8.97. The summed E-state index contributed by atoms with van der Waals surface area (Å²) in [5, 5.41) is 0. The monoisotopic (exact) mass is 187 g/mol. The molecule has 1 heterocycles. The summed E-state index contributed by atoms with van der Waals surface area (Å²) in [6.45, 7) is 7.81. The van der Waals surface area contributed by atoms with Crippen molar-refractivity contribution >= 4 is 10.8 Å². The second-order valence-corrected chi connectivity index (χ2v) is 4.97. The zero-order valence-electron chi connectivity index (χ0n) is 7.66. The van der Waals surface area contributed by atoms with Gasteiger partial charge in [-0.2, -0.15) is 0 Å². The van der Waals surface area contributed by atoms with Crippen LogP contribution in [0.3, 0.4) is 0 Å². The van der Waals surface area contributed by atoms with Crippen LogP contribution in [0.25, 0.3) is 0 Å². The smallest absolute Gasteiger partial charge is 0.0362 e. The van der Waals surface area contributed by atoms with E-state index < -0.39 is 10.8 Å². The van der Waals surface area contributed by atoms with Gasteiger partial charge in [-0.3, -0.25) is 9.11 Å². The maximum absolute atomic E-state index is 11.2. The van der Waals surface area contributed by atoms with Crippen LogP contribution in [0.2, 0.25) is 0 Å². The van der Waals surface area contributed by atoms with Gasteiger partial charge in [0.1, 0.15) is 0 Å². The van der Waals surface area contributed by atoms with Crippen LogP contribution >= 0.6 is 0 Å². The molecule has 1 aliphatic heterocycles. The summed E-state index contributed by atoms with van der Waals surface area (Å²) in [6.07, 6.45) is 2.98. The first-order valence-electron chi connectivity index (χ1n) is 4.44. The van der Waals surface area contributed by atoms with Gasteiger partial charge in [0.15, 0.2) is 0 Å². The molecular weight excluding hydrogens is 170 g/mol. The molecule has 0 aromatic heterocycles. The van der Waals surface area contributed by atoms with Crippen molar-refractivity contribution < 1.29 is 4.21 Å². The Balaban J connectivity index is 2.49. The number of rotatable bonds is 2. The minimum Gasteiger partial charge on any atom is -0.296 e. The van der Waals surface area contributed by atoms with Crippen LogP contribution < -0.4 is 0 Å². The molecule has 1 rings (SSSR count). The summed E-state index contributed by atoms with van der Waals surface area (Å²) in [6, 6.07) is 0.564. The van der Waals surface area contributed by atoms with Gasteiger partial charge in [0.25, 0.3) is 0 Å². The van der Waals surface area contributed by atoms with Crippen LogP contribution in [0.1, 0.15) is 13.3 Å². The molecule has 1 saturated heterocycles. The minimum absolute atomic E-state index is 0.564. The predicted molar refractivity (Wildman–Crippen MR) is 53.7 cm³/mol. The first-order valence-corrected chi connectivity index (χ1v) is 5.92. The van der Waals surface area contributed by atoms with Gasteiger partial charge in [0, 0.05) is 41.4 Å². The molecule has 0 spiro atoms. The Kier molecular flexibility index (Phi) is 3.95. The van der Waals surface area contributed by atoms with Crippen molar-refractivity contribution in [3.05, 3.63) is 12.7 Å². The SMILES string of the molecule is C=CCN1CCS(=O)CCC1C. The fourth-order valence-electron chi connectivity index (χ4n) is 1.46. The summed E-state index contributed by atoms with van der Waals surface area (Å²) in [4.78, 5) is 2.35.